The molecule has 0 amide bonds. The number of aromatic nitrogens is 2. The molecule has 3 heterocycles. The zero-order chi connectivity index (χ0) is 33.5. The predicted octanol–water partition coefficient (Wildman–Crippen LogP) is 13.1. The highest BCUT2D eigenvalue weighted by atomic mass is 16.3. The van der Waals surface area contributed by atoms with Crippen LogP contribution in [0, 0.1) is 0 Å². The molecule has 0 radical (unpaired) electrons. The van der Waals surface area contributed by atoms with Gasteiger partial charge in [0, 0.05) is 43.6 Å². The maximum atomic E-state index is 6.33. The topological polar surface area (TPSA) is 23.0 Å². The molecule has 11 aromatic rings. The zero-order valence-electron chi connectivity index (χ0n) is 27.6. The van der Waals surface area contributed by atoms with Crippen LogP contribution in [0.1, 0.15) is 0 Å². The van der Waals surface area contributed by atoms with Gasteiger partial charge in [0.15, 0.2) is 0 Å². The van der Waals surface area contributed by atoms with Gasteiger partial charge in [-0.25, -0.2) is 0 Å². The zero-order valence-corrected chi connectivity index (χ0v) is 27.6. The van der Waals surface area contributed by atoms with Crippen LogP contribution in [-0.4, -0.2) is 9.13 Å². The van der Waals surface area contributed by atoms with Crippen LogP contribution < -0.4 is 0 Å². The molecule has 0 bridgehead atoms. The lowest BCUT2D eigenvalue weighted by Crippen LogP contribution is -1.97. The molecule has 8 aromatic carbocycles. The van der Waals surface area contributed by atoms with Gasteiger partial charge in [0.1, 0.15) is 11.2 Å². The smallest absolute Gasteiger partial charge is 0.136 e. The Bertz CT molecular complexity index is 3140. The van der Waals surface area contributed by atoms with Gasteiger partial charge in [-0.15, -0.1) is 0 Å². The molecule has 0 spiro atoms. The van der Waals surface area contributed by atoms with Crippen molar-refractivity contribution in [1.29, 1.82) is 0 Å². The summed E-state index contributed by atoms with van der Waals surface area (Å²) < 4.78 is 11.2. The number of benzene rings is 8. The Morgan fingerprint density at radius 2 is 0.922 bits per heavy atom. The van der Waals surface area contributed by atoms with Crippen molar-refractivity contribution in [3.05, 3.63) is 182 Å². The lowest BCUT2D eigenvalue weighted by atomic mass is 9.98. The van der Waals surface area contributed by atoms with Crippen LogP contribution in [0.25, 0.3) is 99.2 Å². The van der Waals surface area contributed by atoms with Gasteiger partial charge in [-0.2, -0.15) is 0 Å². The second-order valence-electron chi connectivity index (χ2n) is 13.3. The van der Waals surface area contributed by atoms with Crippen LogP contribution in [0.2, 0.25) is 0 Å². The van der Waals surface area contributed by atoms with Gasteiger partial charge in [0.2, 0.25) is 0 Å². The Morgan fingerprint density at radius 1 is 0.333 bits per heavy atom. The lowest BCUT2D eigenvalue weighted by Gasteiger charge is -2.14. The number of fused-ring (bicyclic) bond motifs is 9. The Morgan fingerprint density at radius 3 is 1.78 bits per heavy atom. The normalized spacial score (nSPS) is 11.9. The number of rotatable bonds is 4. The third-order valence-electron chi connectivity index (χ3n) is 10.5. The van der Waals surface area contributed by atoms with Gasteiger partial charge in [-0.3, -0.25) is 0 Å². The first-order valence-corrected chi connectivity index (χ1v) is 17.4. The predicted molar refractivity (Wildman–Crippen MR) is 213 cm³/mol. The summed E-state index contributed by atoms with van der Waals surface area (Å²) in [7, 11) is 0. The van der Waals surface area contributed by atoms with E-state index in [9.17, 15) is 0 Å². The summed E-state index contributed by atoms with van der Waals surface area (Å²) in [5.41, 5.74) is 13.6. The highest BCUT2D eigenvalue weighted by Gasteiger charge is 2.20. The molecule has 0 saturated heterocycles. The van der Waals surface area contributed by atoms with Crippen molar-refractivity contribution >= 4 is 65.6 Å². The summed E-state index contributed by atoms with van der Waals surface area (Å²) in [6, 6.07) is 65.5. The molecular formula is C48H30N2O. The van der Waals surface area contributed by atoms with Crippen molar-refractivity contribution in [2.24, 2.45) is 0 Å². The maximum absolute atomic E-state index is 6.33. The van der Waals surface area contributed by atoms with Crippen molar-refractivity contribution in [3.8, 4) is 33.6 Å². The van der Waals surface area contributed by atoms with Gasteiger partial charge >= 0.3 is 0 Å². The van der Waals surface area contributed by atoms with Crippen LogP contribution in [0.5, 0.6) is 0 Å². The summed E-state index contributed by atoms with van der Waals surface area (Å²) in [4.78, 5) is 0. The van der Waals surface area contributed by atoms with E-state index in [0.717, 1.165) is 44.4 Å². The quantitative estimate of drug-likeness (QED) is 0.186. The van der Waals surface area contributed by atoms with Crippen molar-refractivity contribution in [2.75, 3.05) is 0 Å². The van der Waals surface area contributed by atoms with Gasteiger partial charge in [-0.1, -0.05) is 121 Å². The number of hydrogen-bond acceptors (Lipinski definition) is 1. The Hall–Kier alpha value is -6.84. The first-order chi connectivity index (χ1) is 25.3. The molecule has 3 heteroatoms. The van der Waals surface area contributed by atoms with Gasteiger partial charge in [0.05, 0.1) is 27.8 Å². The molecule has 3 aromatic heterocycles. The third kappa shape index (κ3) is 4.12. The average molecular weight is 651 g/mol. The number of hydrogen-bond donors (Lipinski definition) is 0. The molecule has 0 unspecified atom stereocenters. The van der Waals surface area contributed by atoms with E-state index in [4.69, 9.17) is 4.42 Å². The highest BCUT2D eigenvalue weighted by molar-refractivity contribution is 6.17. The summed E-state index contributed by atoms with van der Waals surface area (Å²) >= 11 is 0. The van der Waals surface area contributed by atoms with Crippen LogP contribution in [0.4, 0.5) is 0 Å². The van der Waals surface area contributed by atoms with E-state index in [0.29, 0.717) is 0 Å². The van der Waals surface area contributed by atoms with E-state index in [2.05, 4.69) is 179 Å². The Labute approximate surface area is 293 Å². The average Bonchev–Trinajstić information content (AvgIpc) is 3.85. The molecule has 0 N–H and O–H groups in total. The van der Waals surface area contributed by atoms with Crippen molar-refractivity contribution < 1.29 is 4.42 Å². The van der Waals surface area contributed by atoms with Gasteiger partial charge < -0.3 is 13.6 Å². The second-order valence-corrected chi connectivity index (χ2v) is 13.3. The first kappa shape index (κ1) is 28.0. The van der Waals surface area contributed by atoms with Crippen LogP contribution in [-0.2, 0) is 0 Å². The number of furan rings is 1. The fraction of sp³-hybridized carbons (Fsp3) is 0. The molecular weight excluding hydrogens is 621 g/mol. The first-order valence-electron chi connectivity index (χ1n) is 17.4. The van der Waals surface area contributed by atoms with E-state index in [1.165, 1.54) is 54.7 Å². The molecule has 11 rings (SSSR count). The van der Waals surface area contributed by atoms with Crippen LogP contribution in [0.3, 0.4) is 0 Å². The van der Waals surface area contributed by atoms with E-state index in [1.807, 2.05) is 12.1 Å². The molecule has 0 saturated carbocycles. The minimum atomic E-state index is 0.899. The standard InChI is InChI=1S/C48H30N2O/c1-2-13-33(14-3-1)49-42-21-9-5-16-36(42)37-27-25-31(29-45(37)49)35-19-12-23-44-48(35)40-18-6-10-22-43(40)50(44)41-20-8-4-15-34(41)32-26-28-39-38-17-7-11-24-46(38)51-47(39)30-32/h1-30H. The molecule has 0 aliphatic rings. The summed E-state index contributed by atoms with van der Waals surface area (Å²) in [6.45, 7) is 0. The summed E-state index contributed by atoms with van der Waals surface area (Å²) in [5.74, 6) is 0. The lowest BCUT2D eigenvalue weighted by molar-refractivity contribution is 0.669. The number of nitrogens with zero attached hydrogens (tertiary/aromatic N) is 2. The van der Waals surface area contributed by atoms with Crippen molar-refractivity contribution in [2.45, 2.75) is 0 Å². The highest BCUT2D eigenvalue weighted by Crippen LogP contribution is 2.43. The SMILES string of the molecule is c1ccc(-n2c3ccccc3c3ccc(-c4cccc5c4c4ccccc4n5-c4ccccc4-c4ccc5c(c4)oc4ccccc45)cc32)cc1. The summed E-state index contributed by atoms with van der Waals surface area (Å²) in [6.07, 6.45) is 0. The van der Waals surface area contributed by atoms with Gasteiger partial charge in [0.25, 0.3) is 0 Å². The minimum absolute atomic E-state index is 0.899. The van der Waals surface area contributed by atoms with E-state index < -0.39 is 0 Å². The fourth-order valence-electron chi connectivity index (χ4n) is 8.32. The monoisotopic (exact) mass is 650 g/mol. The number of para-hydroxylation sites is 5. The van der Waals surface area contributed by atoms with E-state index in [-0.39, 0.29) is 0 Å². The molecule has 51 heavy (non-hydrogen) atoms. The second kappa shape index (κ2) is 10.8. The van der Waals surface area contributed by atoms with E-state index in [1.54, 1.807) is 0 Å². The molecule has 0 aliphatic carbocycles. The molecule has 238 valence electrons. The van der Waals surface area contributed by atoms with Crippen molar-refractivity contribution in [1.82, 2.24) is 9.13 Å². The Balaban J connectivity index is 1.15. The molecule has 3 nitrogen and oxygen atoms in total. The minimum Gasteiger partial charge on any atom is -0.456 e. The maximum Gasteiger partial charge on any atom is 0.136 e. The largest absolute Gasteiger partial charge is 0.456 e. The van der Waals surface area contributed by atoms with E-state index >= 15 is 0 Å². The summed E-state index contributed by atoms with van der Waals surface area (Å²) in [5, 5.41) is 7.27. The van der Waals surface area contributed by atoms with Gasteiger partial charge in [-0.05, 0) is 77.4 Å². The fourth-order valence-corrected chi connectivity index (χ4v) is 8.32. The van der Waals surface area contributed by atoms with Crippen LogP contribution in [0.15, 0.2) is 186 Å². The van der Waals surface area contributed by atoms with Crippen molar-refractivity contribution in [3.63, 3.8) is 0 Å². The molecule has 0 aliphatic heterocycles. The third-order valence-corrected chi connectivity index (χ3v) is 10.5. The Kier molecular flexibility index (Phi) is 5.96. The molecule has 0 fully saturated rings. The molecule has 0 atom stereocenters. The van der Waals surface area contributed by atoms with Crippen LogP contribution >= 0.6 is 0 Å².